The van der Waals surface area contributed by atoms with E-state index in [1.807, 2.05) is 0 Å². The van der Waals surface area contributed by atoms with Gasteiger partial charge in [0.05, 0.1) is 38.1 Å². The molecule has 0 aromatic carbocycles. The van der Waals surface area contributed by atoms with Gasteiger partial charge in [-0.1, -0.05) is 20.3 Å². The molecule has 3 fully saturated rings. The minimum atomic E-state index is -0.602. The molecule has 3 aliphatic rings. The van der Waals surface area contributed by atoms with Gasteiger partial charge in [-0.15, -0.1) is 0 Å². The molecule has 1 aliphatic heterocycles. The van der Waals surface area contributed by atoms with Gasteiger partial charge in [-0.3, -0.25) is 15.3 Å². The summed E-state index contributed by atoms with van der Waals surface area (Å²) in [5, 5.41) is 34.0. The van der Waals surface area contributed by atoms with Crippen molar-refractivity contribution in [2.45, 2.75) is 148 Å². The van der Waals surface area contributed by atoms with E-state index in [1.54, 1.807) is 7.11 Å². The molecule has 11 heteroatoms. The number of ether oxygens (including phenoxy) is 4. The van der Waals surface area contributed by atoms with Gasteiger partial charge in [0.25, 0.3) is 0 Å². The van der Waals surface area contributed by atoms with Crippen molar-refractivity contribution in [3.63, 3.8) is 0 Å². The summed E-state index contributed by atoms with van der Waals surface area (Å²) in [6.07, 6.45) is 7.75. The Morgan fingerprint density at radius 2 is 1.65 bits per heavy atom. The summed E-state index contributed by atoms with van der Waals surface area (Å²) >= 11 is 0. The van der Waals surface area contributed by atoms with Crippen LogP contribution in [0.1, 0.15) is 111 Å². The first-order valence-corrected chi connectivity index (χ1v) is 18.9. The molecule has 2 aliphatic carbocycles. The van der Waals surface area contributed by atoms with Crippen molar-refractivity contribution in [2.24, 2.45) is 47.2 Å². The average molecular weight is 686 g/mol. The Morgan fingerprint density at radius 3 is 2.29 bits per heavy atom. The topological polar surface area (TPSA) is 174 Å². The molecule has 2 saturated carbocycles. The van der Waals surface area contributed by atoms with Crippen molar-refractivity contribution in [1.82, 2.24) is 0 Å². The van der Waals surface area contributed by atoms with E-state index in [0.717, 1.165) is 57.9 Å². The highest BCUT2D eigenvalue weighted by Gasteiger charge is 2.43. The lowest BCUT2D eigenvalue weighted by Crippen LogP contribution is -2.94. The SMILES string of the molecule is COCCC1CCC(CC(C)C)CC(C(CC(CCC2CC(OCCO)C(O)CC2C2CC[NH2+]C(N)C2)OC(C)=O)OC(C)=O)CC1O. The summed E-state index contributed by atoms with van der Waals surface area (Å²) in [4.78, 5) is 25.0. The van der Waals surface area contributed by atoms with E-state index in [1.165, 1.54) is 13.8 Å². The van der Waals surface area contributed by atoms with Gasteiger partial charge in [0.15, 0.2) is 0 Å². The van der Waals surface area contributed by atoms with Gasteiger partial charge in [-0.25, -0.2) is 0 Å². The van der Waals surface area contributed by atoms with Crippen LogP contribution in [-0.2, 0) is 28.5 Å². The second kappa shape index (κ2) is 21.1. The fourth-order valence-corrected chi connectivity index (χ4v) is 9.27. The Balaban J connectivity index is 1.82. The monoisotopic (exact) mass is 685 g/mol. The minimum Gasteiger partial charge on any atom is -0.462 e. The van der Waals surface area contributed by atoms with Crippen molar-refractivity contribution < 1.29 is 49.2 Å². The van der Waals surface area contributed by atoms with Gasteiger partial charge in [-0.05, 0) is 106 Å². The second-order valence-electron chi connectivity index (χ2n) is 15.7. The van der Waals surface area contributed by atoms with E-state index in [4.69, 9.17) is 24.7 Å². The Labute approximate surface area is 289 Å². The number of esters is 2. The Bertz CT molecular complexity index is 939. The molecule has 7 N–H and O–H groups in total. The number of aliphatic hydroxyl groups excluding tert-OH is 3. The fraction of sp³-hybridized carbons (Fsp3) is 0.946. The number of quaternary nitrogens is 1. The first-order valence-electron chi connectivity index (χ1n) is 18.9. The predicted molar refractivity (Wildman–Crippen MR) is 182 cm³/mol. The van der Waals surface area contributed by atoms with Crippen LogP contribution in [0.3, 0.4) is 0 Å². The maximum absolute atomic E-state index is 12.5. The molecule has 0 aromatic rings. The number of piperidine rings is 1. The molecule has 1 saturated heterocycles. The Kier molecular flexibility index (Phi) is 18.1. The summed E-state index contributed by atoms with van der Waals surface area (Å²) < 4.78 is 23.3. The number of aliphatic hydroxyl groups is 3. The van der Waals surface area contributed by atoms with Crippen LogP contribution in [0.15, 0.2) is 0 Å². The summed E-state index contributed by atoms with van der Waals surface area (Å²) in [6.45, 7) is 8.97. The molecular weight excluding hydrogens is 616 g/mol. The van der Waals surface area contributed by atoms with Crippen LogP contribution < -0.4 is 11.1 Å². The lowest BCUT2D eigenvalue weighted by molar-refractivity contribution is -0.699. The number of rotatable bonds is 17. The number of carbonyl (C=O) groups excluding carboxylic acids is 2. The highest BCUT2D eigenvalue weighted by atomic mass is 16.6. The van der Waals surface area contributed by atoms with Crippen molar-refractivity contribution in [2.75, 3.05) is 33.5 Å². The lowest BCUT2D eigenvalue weighted by Gasteiger charge is -2.44. The van der Waals surface area contributed by atoms with Gasteiger partial charge < -0.3 is 39.6 Å². The van der Waals surface area contributed by atoms with Gasteiger partial charge in [0, 0.05) is 40.4 Å². The van der Waals surface area contributed by atoms with Gasteiger partial charge >= 0.3 is 11.9 Å². The van der Waals surface area contributed by atoms with Crippen molar-refractivity contribution >= 4 is 11.9 Å². The van der Waals surface area contributed by atoms with Crippen LogP contribution in [0.5, 0.6) is 0 Å². The zero-order valence-electron chi connectivity index (χ0n) is 30.5. The average Bonchev–Trinajstić information content (AvgIpc) is 3.01. The maximum Gasteiger partial charge on any atom is 0.302 e. The molecule has 11 nitrogen and oxygen atoms in total. The van der Waals surface area contributed by atoms with E-state index in [9.17, 15) is 24.9 Å². The smallest absolute Gasteiger partial charge is 0.302 e. The molecule has 3 rings (SSSR count). The number of hydrogen-bond acceptors (Lipinski definition) is 10. The maximum atomic E-state index is 12.5. The number of methoxy groups -OCH3 is 1. The first kappa shape index (κ1) is 41.1. The largest absolute Gasteiger partial charge is 0.462 e. The van der Waals surface area contributed by atoms with Crippen molar-refractivity contribution in [3.8, 4) is 0 Å². The second-order valence-corrected chi connectivity index (χ2v) is 15.7. The van der Waals surface area contributed by atoms with E-state index >= 15 is 0 Å². The standard InChI is InChI=1S/C37H68N2O9/c1-23(2)16-26-6-7-27(11-14-45-5)33(43)18-30(17-26)35(48-25(4)42)21-31(47-24(3)41)9-8-28-19-36(46-15-13-40)34(44)22-32(28)29-10-12-39-37(38)20-29/h23,26-37,39-40,43-44H,6-22,38H2,1-5H3/p+1. The summed E-state index contributed by atoms with van der Waals surface area (Å²) in [5.74, 6) is 1.17. The van der Waals surface area contributed by atoms with Gasteiger partial charge in [0.2, 0.25) is 0 Å². The molecular formula is C37H69N2O9+. The van der Waals surface area contributed by atoms with E-state index in [2.05, 4.69) is 19.2 Å². The summed E-state index contributed by atoms with van der Waals surface area (Å²) in [5.41, 5.74) is 6.35. The van der Waals surface area contributed by atoms with Crippen LogP contribution in [0.25, 0.3) is 0 Å². The lowest BCUT2D eigenvalue weighted by atomic mass is 9.66. The fourth-order valence-electron chi connectivity index (χ4n) is 9.27. The zero-order valence-corrected chi connectivity index (χ0v) is 30.5. The molecule has 1 heterocycles. The van der Waals surface area contributed by atoms with Gasteiger partial charge in [0.1, 0.15) is 18.4 Å². The number of nitrogens with two attached hydrogens (primary N) is 2. The highest BCUT2D eigenvalue weighted by Crippen LogP contribution is 2.43. The van der Waals surface area contributed by atoms with Crippen LogP contribution in [-0.4, -0.2) is 97.4 Å². The predicted octanol–water partition coefficient (Wildman–Crippen LogP) is 2.91. The van der Waals surface area contributed by atoms with Crippen LogP contribution >= 0.6 is 0 Å². The third kappa shape index (κ3) is 13.8. The molecule has 0 radical (unpaired) electrons. The normalized spacial score (nSPS) is 34.5. The van der Waals surface area contributed by atoms with Crippen LogP contribution in [0, 0.1) is 41.4 Å². The van der Waals surface area contributed by atoms with Crippen LogP contribution in [0.2, 0.25) is 0 Å². The number of carbonyl (C=O) groups is 2. The van der Waals surface area contributed by atoms with Gasteiger partial charge in [-0.2, -0.15) is 0 Å². The molecule has 12 atom stereocenters. The first-order chi connectivity index (χ1) is 22.9. The summed E-state index contributed by atoms with van der Waals surface area (Å²) in [6, 6.07) is 0. The molecule has 0 amide bonds. The molecule has 0 bridgehead atoms. The molecule has 0 spiro atoms. The quantitative estimate of drug-likeness (QED) is 0.143. The number of hydrogen-bond donors (Lipinski definition) is 5. The van der Waals surface area contributed by atoms with E-state index < -0.39 is 24.4 Å². The van der Waals surface area contributed by atoms with Crippen LogP contribution in [0.4, 0.5) is 0 Å². The molecule has 48 heavy (non-hydrogen) atoms. The third-order valence-electron chi connectivity index (χ3n) is 11.4. The minimum absolute atomic E-state index is 0.0518. The van der Waals surface area contributed by atoms with Crippen molar-refractivity contribution in [3.05, 3.63) is 0 Å². The Morgan fingerprint density at radius 1 is 0.896 bits per heavy atom. The third-order valence-corrected chi connectivity index (χ3v) is 11.4. The molecule has 280 valence electrons. The Hall–Kier alpha value is -1.34. The van der Waals surface area contributed by atoms with E-state index in [-0.39, 0.29) is 61.1 Å². The highest BCUT2D eigenvalue weighted by molar-refractivity contribution is 5.66. The molecule has 0 aromatic heterocycles. The molecule has 12 unspecified atom stereocenters. The zero-order chi connectivity index (χ0) is 35.2. The van der Waals surface area contributed by atoms with E-state index in [0.29, 0.717) is 56.5 Å². The van der Waals surface area contributed by atoms with Crippen molar-refractivity contribution in [1.29, 1.82) is 0 Å². The summed E-state index contributed by atoms with van der Waals surface area (Å²) in [7, 11) is 1.69.